The van der Waals surface area contributed by atoms with Crippen LogP contribution in [0.5, 0.6) is 11.5 Å². The minimum atomic E-state index is -0.0678. The van der Waals surface area contributed by atoms with E-state index in [2.05, 4.69) is 10.3 Å². The molecule has 1 N–H and O–H groups in total. The molecule has 0 aliphatic rings. The van der Waals surface area contributed by atoms with Crippen molar-refractivity contribution in [2.45, 2.75) is 20.4 Å². The van der Waals surface area contributed by atoms with Crippen molar-refractivity contribution >= 4 is 11.3 Å². The molecule has 0 saturated carbocycles. The first-order valence-electron chi connectivity index (χ1n) is 9.15. The van der Waals surface area contributed by atoms with Gasteiger partial charge in [0.05, 0.1) is 12.2 Å². The number of aryl methyl sites for hydroxylation is 2. The monoisotopic (exact) mass is 371 g/mol. The van der Waals surface area contributed by atoms with Crippen molar-refractivity contribution in [1.82, 2.24) is 9.38 Å². The number of rotatable bonds is 5. The first kappa shape index (κ1) is 17.8. The fourth-order valence-electron chi connectivity index (χ4n) is 3.10. The molecule has 4 aromatic rings. The zero-order valence-corrected chi connectivity index (χ0v) is 15.8. The zero-order valence-electron chi connectivity index (χ0n) is 15.8. The molecule has 0 bridgehead atoms. The lowest BCUT2D eigenvalue weighted by molar-refractivity contribution is 0.482. The van der Waals surface area contributed by atoms with Crippen LogP contribution in [-0.2, 0) is 6.54 Å². The van der Waals surface area contributed by atoms with Gasteiger partial charge in [-0.05, 0) is 67.9 Å². The molecule has 28 heavy (non-hydrogen) atoms. The Labute approximate surface area is 163 Å². The predicted molar refractivity (Wildman–Crippen MR) is 111 cm³/mol. The molecule has 0 radical (unpaired) electrons. The first-order chi connectivity index (χ1) is 13.6. The Balaban J connectivity index is 1.45. The van der Waals surface area contributed by atoms with Crippen molar-refractivity contribution in [3.63, 3.8) is 0 Å². The van der Waals surface area contributed by atoms with Crippen molar-refractivity contribution in [2.24, 2.45) is 0 Å². The SMILES string of the molecule is Cc1cccc(Oc2ccc(NCc3cc(=O)n4c(C)cccc4n3)cc2)c1. The van der Waals surface area contributed by atoms with Gasteiger partial charge < -0.3 is 10.1 Å². The standard InChI is InChI=1S/C23H21N3O2/c1-16-5-3-7-21(13-16)28-20-11-9-18(10-12-20)24-15-19-14-23(27)26-17(2)6-4-8-22(26)25-19/h3-14,24H,15H2,1-2H3. The van der Waals surface area contributed by atoms with Gasteiger partial charge in [-0.1, -0.05) is 18.2 Å². The summed E-state index contributed by atoms with van der Waals surface area (Å²) in [4.78, 5) is 16.9. The first-order valence-corrected chi connectivity index (χ1v) is 9.15. The lowest BCUT2D eigenvalue weighted by Gasteiger charge is -2.10. The van der Waals surface area contributed by atoms with Crippen LogP contribution in [-0.4, -0.2) is 9.38 Å². The fraction of sp³-hybridized carbons (Fsp3) is 0.130. The molecule has 0 aliphatic carbocycles. The molecule has 4 rings (SSSR count). The van der Waals surface area contributed by atoms with E-state index in [9.17, 15) is 4.79 Å². The normalized spacial score (nSPS) is 10.8. The van der Waals surface area contributed by atoms with Gasteiger partial charge in [-0.15, -0.1) is 0 Å². The number of aromatic nitrogens is 2. The van der Waals surface area contributed by atoms with E-state index in [1.165, 1.54) is 0 Å². The summed E-state index contributed by atoms with van der Waals surface area (Å²) in [6, 6.07) is 22.9. The highest BCUT2D eigenvalue weighted by molar-refractivity contribution is 5.48. The van der Waals surface area contributed by atoms with Gasteiger partial charge in [-0.3, -0.25) is 9.20 Å². The van der Waals surface area contributed by atoms with Gasteiger partial charge in [0.15, 0.2) is 0 Å². The number of pyridine rings is 1. The molecule has 0 unspecified atom stereocenters. The summed E-state index contributed by atoms with van der Waals surface area (Å²) in [7, 11) is 0. The van der Waals surface area contributed by atoms with Crippen LogP contribution in [0.25, 0.3) is 5.65 Å². The Hall–Kier alpha value is -3.60. The van der Waals surface area contributed by atoms with E-state index in [1.807, 2.05) is 80.6 Å². The van der Waals surface area contributed by atoms with E-state index in [-0.39, 0.29) is 5.56 Å². The molecule has 0 saturated heterocycles. The van der Waals surface area contributed by atoms with E-state index < -0.39 is 0 Å². The van der Waals surface area contributed by atoms with Crippen LogP contribution < -0.4 is 15.6 Å². The largest absolute Gasteiger partial charge is 0.457 e. The van der Waals surface area contributed by atoms with Crippen LogP contribution in [0.3, 0.4) is 0 Å². The summed E-state index contributed by atoms with van der Waals surface area (Å²) >= 11 is 0. The lowest BCUT2D eigenvalue weighted by Crippen LogP contribution is -2.18. The van der Waals surface area contributed by atoms with Gasteiger partial charge in [0.2, 0.25) is 0 Å². The number of nitrogens with zero attached hydrogens (tertiary/aromatic N) is 2. The number of anilines is 1. The highest BCUT2D eigenvalue weighted by atomic mass is 16.5. The van der Waals surface area contributed by atoms with Crippen molar-refractivity contribution in [1.29, 1.82) is 0 Å². The molecular formula is C23H21N3O2. The predicted octanol–water partition coefficient (Wildman–Crippen LogP) is 4.72. The van der Waals surface area contributed by atoms with E-state index in [1.54, 1.807) is 10.5 Å². The summed E-state index contributed by atoms with van der Waals surface area (Å²) in [6.07, 6.45) is 0. The third kappa shape index (κ3) is 3.88. The lowest BCUT2D eigenvalue weighted by atomic mass is 10.2. The molecule has 0 amide bonds. The molecule has 2 heterocycles. The molecule has 140 valence electrons. The van der Waals surface area contributed by atoms with Crippen LogP contribution in [0.4, 0.5) is 5.69 Å². The third-order valence-corrected chi connectivity index (χ3v) is 4.49. The van der Waals surface area contributed by atoms with E-state index in [4.69, 9.17) is 4.74 Å². The number of fused-ring (bicyclic) bond motifs is 1. The Morgan fingerprint density at radius 1 is 0.929 bits per heavy atom. The molecule has 2 aromatic heterocycles. The quantitative estimate of drug-likeness (QED) is 0.552. The zero-order chi connectivity index (χ0) is 19.5. The van der Waals surface area contributed by atoms with Gasteiger partial charge in [-0.2, -0.15) is 0 Å². The molecule has 0 atom stereocenters. The van der Waals surface area contributed by atoms with Crippen molar-refractivity contribution in [3.8, 4) is 11.5 Å². The molecule has 0 fully saturated rings. The van der Waals surface area contributed by atoms with Crippen molar-refractivity contribution in [3.05, 3.63) is 100 Å². The number of nitrogens with one attached hydrogen (secondary N) is 1. The van der Waals surface area contributed by atoms with E-state index >= 15 is 0 Å². The van der Waals surface area contributed by atoms with Gasteiger partial charge in [-0.25, -0.2) is 4.98 Å². The Morgan fingerprint density at radius 3 is 2.50 bits per heavy atom. The smallest absolute Gasteiger partial charge is 0.258 e. The summed E-state index contributed by atoms with van der Waals surface area (Å²) in [5, 5.41) is 3.30. The van der Waals surface area contributed by atoms with Crippen LogP contribution in [0.1, 0.15) is 17.0 Å². The van der Waals surface area contributed by atoms with Crippen LogP contribution >= 0.6 is 0 Å². The van der Waals surface area contributed by atoms with E-state index in [0.29, 0.717) is 17.9 Å². The average Bonchev–Trinajstić information content (AvgIpc) is 2.67. The second kappa shape index (κ2) is 7.56. The topological polar surface area (TPSA) is 55.6 Å². The molecule has 0 aliphatic heterocycles. The molecule has 2 aromatic carbocycles. The van der Waals surface area contributed by atoms with Crippen LogP contribution in [0.15, 0.2) is 77.6 Å². The Bertz CT molecular complexity index is 1180. The number of ether oxygens (including phenoxy) is 1. The number of benzene rings is 2. The number of hydrogen-bond donors (Lipinski definition) is 1. The van der Waals surface area contributed by atoms with Gasteiger partial charge >= 0.3 is 0 Å². The Morgan fingerprint density at radius 2 is 1.71 bits per heavy atom. The fourth-order valence-corrected chi connectivity index (χ4v) is 3.10. The average molecular weight is 371 g/mol. The minimum absolute atomic E-state index is 0.0678. The molecule has 5 nitrogen and oxygen atoms in total. The van der Waals surface area contributed by atoms with Gasteiger partial charge in [0.1, 0.15) is 17.1 Å². The van der Waals surface area contributed by atoms with Crippen LogP contribution in [0.2, 0.25) is 0 Å². The van der Waals surface area contributed by atoms with Crippen LogP contribution in [0, 0.1) is 13.8 Å². The maximum Gasteiger partial charge on any atom is 0.258 e. The summed E-state index contributed by atoms with van der Waals surface area (Å²) in [5.74, 6) is 1.59. The highest BCUT2D eigenvalue weighted by Crippen LogP contribution is 2.23. The Kier molecular flexibility index (Phi) is 4.81. The highest BCUT2D eigenvalue weighted by Gasteiger charge is 2.04. The summed E-state index contributed by atoms with van der Waals surface area (Å²) in [6.45, 7) is 4.40. The summed E-state index contributed by atoms with van der Waals surface area (Å²) in [5.41, 5.74) is 4.26. The van der Waals surface area contributed by atoms with Crippen molar-refractivity contribution in [2.75, 3.05) is 5.32 Å². The maximum absolute atomic E-state index is 12.4. The number of hydrogen-bond acceptors (Lipinski definition) is 4. The minimum Gasteiger partial charge on any atom is -0.457 e. The second-order valence-electron chi connectivity index (χ2n) is 6.74. The molecule has 5 heteroatoms. The molecular weight excluding hydrogens is 350 g/mol. The summed E-state index contributed by atoms with van der Waals surface area (Å²) < 4.78 is 7.48. The second-order valence-corrected chi connectivity index (χ2v) is 6.74. The maximum atomic E-state index is 12.4. The van der Waals surface area contributed by atoms with Gasteiger partial charge in [0.25, 0.3) is 5.56 Å². The van der Waals surface area contributed by atoms with Crippen molar-refractivity contribution < 1.29 is 4.74 Å². The van der Waals surface area contributed by atoms with Gasteiger partial charge in [0, 0.05) is 17.4 Å². The third-order valence-electron chi connectivity index (χ3n) is 4.49. The van der Waals surface area contributed by atoms with E-state index in [0.717, 1.165) is 28.4 Å². The molecule has 0 spiro atoms.